The molecule has 2 rings (SSSR count). The molecular weight excluding hydrogens is 216 g/mol. The normalized spacial score (nSPS) is 17.1. The SMILES string of the molecule is CCc1cnc(N2CCC(C(N)=O)CC2)nc1. The Morgan fingerprint density at radius 3 is 2.47 bits per heavy atom. The van der Waals surface area contributed by atoms with Gasteiger partial charge in [0.2, 0.25) is 11.9 Å². The van der Waals surface area contributed by atoms with Crippen molar-refractivity contribution in [3.8, 4) is 0 Å². The summed E-state index contributed by atoms with van der Waals surface area (Å²) < 4.78 is 0. The molecule has 0 saturated carbocycles. The van der Waals surface area contributed by atoms with Crippen LogP contribution >= 0.6 is 0 Å². The van der Waals surface area contributed by atoms with Gasteiger partial charge >= 0.3 is 0 Å². The van der Waals surface area contributed by atoms with Crippen molar-refractivity contribution in [2.24, 2.45) is 11.7 Å². The number of hydrogen-bond acceptors (Lipinski definition) is 4. The van der Waals surface area contributed by atoms with E-state index in [1.165, 1.54) is 0 Å². The van der Waals surface area contributed by atoms with Crippen molar-refractivity contribution >= 4 is 11.9 Å². The fourth-order valence-electron chi connectivity index (χ4n) is 2.06. The number of carbonyl (C=O) groups excluding carboxylic acids is 1. The standard InChI is InChI=1S/C12H18N4O/c1-2-9-7-14-12(15-8-9)16-5-3-10(4-6-16)11(13)17/h7-8,10H,2-6H2,1H3,(H2,13,17). The van der Waals surface area contributed by atoms with Crippen molar-refractivity contribution in [2.45, 2.75) is 26.2 Å². The average molecular weight is 234 g/mol. The minimum atomic E-state index is -0.188. The number of carbonyl (C=O) groups is 1. The maximum atomic E-state index is 11.1. The fraction of sp³-hybridized carbons (Fsp3) is 0.583. The van der Waals surface area contributed by atoms with Crippen LogP contribution in [0.5, 0.6) is 0 Å². The van der Waals surface area contributed by atoms with Gasteiger partial charge in [0.1, 0.15) is 0 Å². The van der Waals surface area contributed by atoms with E-state index in [0.29, 0.717) is 0 Å². The molecule has 0 spiro atoms. The molecule has 1 saturated heterocycles. The number of hydrogen-bond donors (Lipinski definition) is 1. The molecule has 2 heterocycles. The van der Waals surface area contributed by atoms with E-state index in [2.05, 4.69) is 21.8 Å². The molecule has 1 aromatic rings. The van der Waals surface area contributed by atoms with E-state index in [1.54, 1.807) is 0 Å². The second kappa shape index (κ2) is 5.12. The molecule has 0 radical (unpaired) electrons. The molecule has 1 aliphatic heterocycles. The number of rotatable bonds is 3. The van der Waals surface area contributed by atoms with Gasteiger partial charge in [0.05, 0.1) is 0 Å². The van der Waals surface area contributed by atoms with E-state index in [1.807, 2.05) is 12.4 Å². The largest absolute Gasteiger partial charge is 0.369 e. The van der Waals surface area contributed by atoms with Crippen molar-refractivity contribution < 1.29 is 4.79 Å². The maximum Gasteiger partial charge on any atom is 0.225 e. The summed E-state index contributed by atoms with van der Waals surface area (Å²) in [7, 11) is 0. The molecule has 1 aliphatic rings. The van der Waals surface area contributed by atoms with Gasteiger partial charge in [-0.3, -0.25) is 4.79 Å². The van der Waals surface area contributed by atoms with Gasteiger partial charge in [-0.15, -0.1) is 0 Å². The first-order valence-electron chi connectivity index (χ1n) is 6.06. The molecule has 5 nitrogen and oxygen atoms in total. The number of nitrogens with zero attached hydrogens (tertiary/aromatic N) is 3. The number of anilines is 1. The summed E-state index contributed by atoms with van der Waals surface area (Å²) in [6.45, 7) is 3.69. The van der Waals surface area contributed by atoms with E-state index in [-0.39, 0.29) is 11.8 Å². The van der Waals surface area contributed by atoms with Crippen LogP contribution in [-0.2, 0) is 11.2 Å². The molecule has 0 bridgehead atoms. The molecule has 0 aromatic carbocycles. The van der Waals surface area contributed by atoms with Crippen LogP contribution in [0, 0.1) is 5.92 Å². The zero-order chi connectivity index (χ0) is 12.3. The van der Waals surface area contributed by atoms with E-state index in [4.69, 9.17) is 5.73 Å². The fourth-order valence-corrected chi connectivity index (χ4v) is 2.06. The Morgan fingerprint density at radius 1 is 1.41 bits per heavy atom. The van der Waals surface area contributed by atoms with Crippen molar-refractivity contribution in [2.75, 3.05) is 18.0 Å². The van der Waals surface area contributed by atoms with Crippen LogP contribution in [0.3, 0.4) is 0 Å². The molecular formula is C12H18N4O. The molecule has 1 amide bonds. The number of nitrogens with two attached hydrogens (primary N) is 1. The first kappa shape index (κ1) is 11.8. The van der Waals surface area contributed by atoms with Gasteiger partial charge in [-0.1, -0.05) is 6.92 Å². The lowest BCUT2D eigenvalue weighted by Gasteiger charge is -2.30. The van der Waals surface area contributed by atoms with E-state index >= 15 is 0 Å². The van der Waals surface area contributed by atoms with Gasteiger partial charge in [-0.05, 0) is 24.8 Å². The topological polar surface area (TPSA) is 72.1 Å². The Bertz CT molecular complexity index is 382. The molecule has 1 aromatic heterocycles. The van der Waals surface area contributed by atoms with Crippen molar-refractivity contribution in [3.63, 3.8) is 0 Å². The van der Waals surface area contributed by atoms with Gasteiger partial charge in [0.15, 0.2) is 0 Å². The van der Waals surface area contributed by atoms with Crippen molar-refractivity contribution in [3.05, 3.63) is 18.0 Å². The quantitative estimate of drug-likeness (QED) is 0.837. The molecule has 0 unspecified atom stereocenters. The Kier molecular flexibility index (Phi) is 3.56. The number of primary amides is 1. The first-order chi connectivity index (χ1) is 8.20. The second-order valence-electron chi connectivity index (χ2n) is 4.41. The summed E-state index contributed by atoms with van der Waals surface area (Å²) in [6.07, 6.45) is 6.28. The van der Waals surface area contributed by atoms with E-state index < -0.39 is 0 Å². The minimum absolute atomic E-state index is 0.0150. The number of piperidine rings is 1. The first-order valence-corrected chi connectivity index (χ1v) is 6.06. The third kappa shape index (κ3) is 2.72. The zero-order valence-corrected chi connectivity index (χ0v) is 10.1. The van der Waals surface area contributed by atoms with Crippen molar-refractivity contribution in [1.82, 2.24) is 9.97 Å². The highest BCUT2D eigenvalue weighted by atomic mass is 16.1. The lowest BCUT2D eigenvalue weighted by atomic mass is 9.96. The van der Waals surface area contributed by atoms with Crippen LogP contribution in [0.4, 0.5) is 5.95 Å². The maximum absolute atomic E-state index is 11.1. The van der Waals surface area contributed by atoms with Gasteiger partial charge in [-0.2, -0.15) is 0 Å². The van der Waals surface area contributed by atoms with Crippen LogP contribution in [0.1, 0.15) is 25.3 Å². The molecule has 0 atom stereocenters. The molecule has 17 heavy (non-hydrogen) atoms. The molecule has 0 aliphatic carbocycles. The lowest BCUT2D eigenvalue weighted by molar-refractivity contribution is -0.122. The molecule has 2 N–H and O–H groups in total. The summed E-state index contributed by atoms with van der Waals surface area (Å²) in [5, 5.41) is 0. The number of amides is 1. The zero-order valence-electron chi connectivity index (χ0n) is 10.1. The number of aromatic nitrogens is 2. The third-order valence-electron chi connectivity index (χ3n) is 3.28. The second-order valence-corrected chi connectivity index (χ2v) is 4.41. The van der Waals surface area contributed by atoms with Crippen LogP contribution in [-0.4, -0.2) is 29.0 Å². The van der Waals surface area contributed by atoms with Gasteiger partial charge in [0, 0.05) is 31.4 Å². The molecule has 5 heteroatoms. The Hall–Kier alpha value is -1.65. The van der Waals surface area contributed by atoms with Crippen LogP contribution in [0.2, 0.25) is 0 Å². The summed E-state index contributed by atoms with van der Waals surface area (Å²) in [6, 6.07) is 0. The van der Waals surface area contributed by atoms with E-state index in [9.17, 15) is 4.79 Å². The highest BCUT2D eigenvalue weighted by Gasteiger charge is 2.24. The van der Waals surface area contributed by atoms with Crippen LogP contribution in [0.25, 0.3) is 0 Å². The predicted molar refractivity (Wildman–Crippen MR) is 65.5 cm³/mol. The average Bonchev–Trinajstić information content (AvgIpc) is 2.39. The monoisotopic (exact) mass is 234 g/mol. The number of aryl methyl sites for hydroxylation is 1. The smallest absolute Gasteiger partial charge is 0.225 e. The highest BCUT2D eigenvalue weighted by molar-refractivity contribution is 5.76. The summed E-state index contributed by atoms with van der Waals surface area (Å²) >= 11 is 0. The Morgan fingerprint density at radius 2 is 2.00 bits per heavy atom. The van der Waals surface area contributed by atoms with Gasteiger partial charge in [0.25, 0.3) is 0 Å². The predicted octanol–water partition coefficient (Wildman–Crippen LogP) is 0.741. The van der Waals surface area contributed by atoms with Crippen LogP contribution < -0.4 is 10.6 Å². The highest BCUT2D eigenvalue weighted by Crippen LogP contribution is 2.20. The van der Waals surface area contributed by atoms with E-state index in [0.717, 1.165) is 43.9 Å². The van der Waals surface area contributed by atoms with Crippen LogP contribution in [0.15, 0.2) is 12.4 Å². The summed E-state index contributed by atoms with van der Waals surface area (Å²) in [4.78, 5) is 21.8. The molecule has 1 fully saturated rings. The Balaban J connectivity index is 1.97. The molecule has 92 valence electrons. The minimum Gasteiger partial charge on any atom is -0.369 e. The van der Waals surface area contributed by atoms with Gasteiger partial charge in [-0.25, -0.2) is 9.97 Å². The van der Waals surface area contributed by atoms with Crippen molar-refractivity contribution in [1.29, 1.82) is 0 Å². The third-order valence-corrected chi connectivity index (χ3v) is 3.28. The lowest BCUT2D eigenvalue weighted by Crippen LogP contribution is -2.39. The summed E-state index contributed by atoms with van der Waals surface area (Å²) in [5.41, 5.74) is 6.44. The Labute approximate surface area is 101 Å². The van der Waals surface area contributed by atoms with Gasteiger partial charge < -0.3 is 10.6 Å². The summed E-state index contributed by atoms with van der Waals surface area (Å²) in [5.74, 6) is 0.582.